The van der Waals surface area contributed by atoms with E-state index in [-0.39, 0.29) is 11.8 Å². The Hall–Kier alpha value is -3.15. The first-order chi connectivity index (χ1) is 13.7. The van der Waals surface area contributed by atoms with E-state index in [2.05, 4.69) is 16.3 Å². The predicted molar refractivity (Wildman–Crippen MR) is 107 cm³/mol. The number of carbonyl (C=O) groups excluding carboxylic acids is 1. The molecule has 1 aromatic carbocycles. The zero-order chi connectivity index (χ0) is 19.5. The highest BCUT2D eigenvalue weighted by atomic mass is 16.5. The molecule has 0 bridgehead atoms. The average Bonchev–Trinajstić information content (AvgIpc) is 3.19. The summed E-state index contributed by atoms with van der Waals surface area (Å²) in [7, 11) is 1.66. The van der Waals surface area contributed by atoms with Crippen molar-refractivity contribution in [1.29, 1.82) is 0 Å². The quantitative estimate of drug-likeness (QED) is 0.752. The summed E-state index contributed by atoms with van der Waals surface area (Å²) in [6.07, 6.45) is 3.62. The summed E-state index contributed by atoms with van der Waals surface area (Å²) in [5.41, 5.74) is 4.50. The maximum atomic E-state index is 12.8. The number of aryl methyl sites for hydroxylation is 1. The van der Waals surface area contributed by atoms with Crippen molar-refractivity contribution in [3.8, 4) is 17.0 Å². The van der Waals surface area contributed by atoms with E-state index in [1.54, 1.807) is 13.3 Å². The lowest BCUT2D eigenvalue weighted by Crippen LogP contribution is -2.39. The molecule has 6 nitrogen and oxygen atoms in total. The van der Waals surface area contributed by atoms with Crippen molar-refractivity contribution in [3.05, 3.63) is 65.6 Å². The van der Waals surface area contributed by atoms with Crippen molar-refractivity contribution in [2.24, 2.45) is 0 Å². The van der Waals surface area contributed by atoms with Gasteiger partial charge in [0.2, 0.25) is 0 Å². The van der Waals surface area contributed by atoms with Gasteiger partial charge in [-0.1, -0.05) is 6.07 Å². The highest BCUT2D eigenvalue weighted by molar-refractivity contribution is 5.95. The number of rotatable bonds is 4. The maximum absolute atomic E-state index is 12.8. The van der Waals surface area contributed by atoms with E-state index in [4.69, 9.17) is 9.72 Å². The number of piperidine rings is 1. The van der Waals surface area contributed by atoms with E-state index < -0.39 is 0 Å². The van der Waals surface area contributed by atoms with Crippen LogP contribution in [0.2, 0.25) is 0 Å². The molecule has 1 fully saturated rings. The molecular weight excluding hydrogens is 352 g/mol. The van der Waals surface area contributed by atoms with Crippen LogP contribution in [0.1, 0.15) is 40.5 Å². The van der Waals surface area contributed by atoms with E-state index in [0.717, 1.165) is 47.8 Å². The van der Waals surface area contributed by atoms with Crippen LogP contribution in [-0.2, 0) is 0 Å². The van der Waals surface area contributed by atoms with E-state index in [1.807, 2.05) is 48.2 Å². The number of aromatic amines is 1. The number of amides is 1. The van der Waals surface area contributed by atoms with Gasteiger partial charge >= 0.3 is 0 Å². The minimum absolute atomic E-state index is 0.0438. The molecule has 4 rings (SSSR count). The third-order valence-electron chi connectivity index (χ3n) is 5.34. The van der Waals surface area contributed by atoms with Gasteiger partial charge < -0.3 is 9.64 Å². The molecule has 1 atom stereocenters. The molecule has 1 amide bonds. The Labute approximate surface area is 164 Å². The fourth-order valence-corrected chi connectivity index (χ4v) is 3.74. The van der Waals surface area contributed by atoms with Gasteiger partial charge in [0, 0.05) is 36.0 Å². The molecule has 1 aliphatic rings. The predicted octanol–water partition coefficient (Wildman–Crippen LogP) is 3.81. The molecule has 0 radical (unpaired) electrons. The van der Waals surface area contributed by atoms with Crippen LogP contribution in [0.5, 0.6) is 5.75 Å². The summed E-state index contributed by atoms with van der Waals surface area (Å²) >= 11 is 0. The van der Waals surface area contributed by atoms with Gasteiger partial charge in [-0.05, 0) is 56.2 Å². The van der Waals surface area contributed by atoms with Gasteiger partial charge in [0.05, 0.1) is 24.6 Å². The fraction of sp³-hybridized carbons (Fsp3) is 0.318. The molecule has 1 aliphatic heterocycles. The van der Waals surface area contributed by atoms with Crippen molar-refractivity contribution < 1.29 is 9.53 Å². The van der Waals surface area contributed by atoms with E-state index in [9.17, 15) is 4.79 Å². The minimum Gasteiger partial charge on any atom is -0.497 e. The van der Waals surface area contributed by atoms with Crippen LogP contribution in [0, 0.1) is 6.92 Å². The fourth-order valence-electron chi connectivity index (χ4n) is 3.74. The summed E-state index contributed by atoms with van der Waals surface area (Å²) in [5.74, 6) is 1.11. The number of pyridine rings is 1. The van der Waals surface area contributed by atoms with Gasteiger partial charge in [0.1, 0.15) is 5.75 Å². The average molecular weight is 376 g/mol. The standard InChI is InChI=1S/C22H24N4O2/c1-15-19(13-23-25-15)22(27)26-12-4-5-17(14-26)21-7-3-6-20(24-21)16-8-10-18(28-2)11-9-16/h3,6-11,13,17H,4-5,12,14H2,1-2H3,(H,23,25). The van der Waals surface area contributed by atoms with Crippen LogP contribution in [0.15, 0.2) is 48.7 Å². The molecule has 3 heterocycles. The van der Waals surface area contributed by atoms with Gasteiger partial charge in [0.15, 0.2) is 0 Å². The Morgan fingerprint density at radius 3 is 2.75 bits per heavy atom. The second kappa shape index (κ2) is 7.84. The third kappa shape index (κ3) is 3.63. The number of hydrogen-bond acceptors (Lipinski definition) is 4. The Bertz CT molecular complexity index is 965. The molecule has 0 saturated carbocycles. The number of ether oxygens (including phenoxy) is 1. The number of benzene rings is 1. The third-order valence-corrected chi connectivity index (χ3v) is 5.34. The topological polar surface area (TPSA) is 71.1 Å². The monoisotopic (exact) mass is 376 g/mol. The van der Waals surface area contributed by atoms with Gasteiger partial charge in [-0.25, -0.2) is 0 Å². The van der Waals surface area contributed by atoms with Crippen LogP contribution >= 0.6 is 0 Å². The first kappa shape index (κ1) is 18.2. The number of nitrogens with one attached hydrogen (secondary N) is 1. The number of carbonyl (C=O) groups is 1. The molecule has 1 unspecified atom stereocenters. The molecule has 0 spiro atoms. The van der Waals surface area contributed by atoms with Crippen LogP contribution in [-0.4, -0.2) is 46.2 Å². The maximum Gasteiger partial charge on any atom is 0.257 e. The Morgan fingerprint density at radius 2 is 2.04 bits per heavy atom. The Balaban J connectivity index is 1.53. The summed E-state index contributed by atoms with van der Waals surface area (Å²) < 4.78 is 5.23. The SMILES string of the molecule is COc1ccc(-c2cccc(C3CCCN(C(=O)c4cn[nH]c4C)C3)n2)cc1. The van der Waals surface area contributed by atoms with Gasteiger partial charge in [-0.2, -0.15) is 5.10 Å². The lowest BCUT2D eigenvalue weighted by molar-refractivity contribution is 0.0705. The molecule has 0 aliphatic carbocycles. The Kier molecular flexibility index (Phi) is 5.10. The zero-order valence-corrected chi connectivity index (χ0v) is 16.2. The number of hydrogen-bond donors (Lipinski definition) is 1. The van der Waals surface area contributed by atoms with Crippen LogP contribution < -0.4 is 4.74 Å². The van der Waals surface area contributed by atoms with Crippen molar-refractivity contribution in [2.75, 3.05) is 20.2 Å². The van der Waals surface area contributed by atoms with Crippen molar-refractivity contribution in [3.63, 3.8) is 0 Å². The van der Waals surface area contributed by atoms with Gasteiger partial charge in [-0.15, -0.1) is 0 Å². The normalized spacial score (nSPS) is 16.8. The summed E-state index contributed by atoms with van der Waals surface area (Å²) in [5, 5.41) is 6.83. The van der Waals surface area contributed by atoms with E-state index in [1.165, 1.54) is 0 Å². The smallest absolute Gasteiger partial charge is 0.257 e. The lowest BCUT2D eigenvalue weighted by atomic mass is 9.93. The van der Waals surface area contributed by atoms with E-state index in [0.29, 0.717) is 12.1 Å². The number of likely N-dealkylation sites (tertiary alicyclic amines) is 1. The summed E-state index contributed by atoms with van der Waals surface area (Å²) in [4.78, 5) is 19.7. The van der Waals surface area contributed by atoms with Crippen molar-refractivity contribution >= 4 is 5.91 Å². The first-order valence-corrected chi connectivity index (χ1v) is 9.56. The first-order valence-electron chi connectivity index (χ1n) is 9.56. The molecule has 1 saturated heterocycles. The second-order valence-electron chi connectivity index (χ2n) is 7.18. The second-order valence-corrected chi connectivity index (χ2v) is 7.18. The highest BCUT2D eigenvalue weighted by Crippen LogP contribution is 2.29. The molecule has 28 heavy (non-hydrogen) atoms. The molecule has 2 aromatic heterocycles. The number of H-pyrrole nitrogens is 1. The molecule has 3 aromatic rings. The van der Waals surface area contributed by atoms with Crippen LogP contribution in [0.3, 0.4) is 0 Å². The molecular formula is C22H24N4O2. The van der Waals surface area contributed by atoms with Gasteiger partial charge in [0.25, 0.3) is 5.91 Å². The van der Waals surface area contributed by atoms with Crippen molar-refractivity contribution in [2.45, 2.75) is 25.7 Å². The number of nitrogens with zero attached hydrogens (tertiary/aromatic N) is 3. The zero-order valence-electron chi connectivity index (χ0n) is 16.2. The Morgan fingerprint density at radius 1 is 1.21 bits per heavy atom. The summed E-state index contributed by atoms with van der Waals surface area (Å²) in [6.45, 7) is 3.34. The number of methoxy groups -OCH3 is 1. The van der Waals surface area contributed by atoms with E-state index >= 15 is 0 Å². The van der Waals surface area contributed by atoms with Crippen LogP contribution in [0.4, 0.5) is 0 Å². The minimum atomic E-state index is 0.0438. The summed E-state index contributed by atoms with van der Waals surface area (Å²) in [6, 6.07) is 14.0. The van der Waals surface area contributed by atoms with Crippen molar-refractivity contribution in [1.82, 2.24) is 20.1 Å². The molecule has 1 N–H and O–H groups in total. The number of aromatic nitrogens is 3. The molecule has 144 valence electrons. The van der Waals surface area contributed by atoms with Crippen LogP contribution in [0.25, 0.3) is 11.3 Å². The lowest BCUT2D eigenvalue weighted by Gasteiger charge is -2.32. The molecule has 6 heteroatoms. The highest BCUT2D eigenvalue weighted by Gasteiger charge is 2.27. The van der Waals surface area contributed by atoms with Gasteiger partial charge in [-0.3, -0.25) is 14.9 Å². The largest absolute Gasteiger partial charge is 0.497 e.